The van der Waals surface area contributed by atoms with Crippen LogP contribution in [-0.2, 0) is 0 Å². The Morgan fingerprint density at radius 2 is 2.24 bits per heavy atom. The summed E-state index contributed by atoms with van der Waals surface area (Å²) in [4.78, 5) is 27.4. The SMILES string of the molecule is Cc1cnc2c(c1)-c1cc(=O)c(C(=O)O)cn1[C@H](C)CO2. The van der Waals surface area contributed by atoms with Crippen molar-refractivity contribution in [3.05, 3.63) is 45.9 Å². The molecule has 0 unspecified atom stereocenters. The van der Waals surface area contributed by atoms with Gasteiger partial charge < -0.3 is 14.4 Å². The smallest absolute Gasteiger partial charge is 0.341 e. The molecule has 3 heterocycles. The number of pyridine rings is 2. The number of ether oxygens (including phenoxy) is 1. The molecule has 0 saturated carbocycles. The van der Waals surface area contributed by atoms with Crippen LogP contribution in [0.5, 0.6) is 5.88 Å². The van der Waals surface area contributed by atoms with Gasteiger partial charge in [0.05, 0.1) is 17.3 Å². The van der Waals surface area contributed by atoms with Crippen molar-refractivity contribution < 1.29 is 14.6 Å². The van der Waals surface area contributed by atoms with E-state index in [0.717, 1.165) is 5.56 Å². The summed E-state index contributed by atoms with van der Waals surface area (Å²) in [5, 5.41) is 9.11. The largest absolute Gasteiger partial charge is 0.477 e. The molecule has 0 aliphatic carbocycles. The van der Waals surface area contributed by atoms with Gasteiger partial charge in [0, 0.05) is 18.5 Å². The summed E-state index contributed by atoms with van der Waals surface area (Å²) in [5.41, 5.74) is 1.51. The highest BCUT2D eigenvalue weighted by atomic mass is 16.5. The van der Waals surface area contributed by atoms with Crippen molar-refractivity contribution in [1.29, 1.82) is 0 Å². The lowest BCUT2D eigenvalue weighted by Gasteiger charge is -2.16. The van der Waals surface area contributed by atoms with Gasteiger partial charge in [0.2, 0.25) is 5.88 Å². The molecule has 0 amide bonds. The predicted octanol–water partition coefficient (Wildman–Crippen LogP) is 1.87. The van der Waals surface area contributed by atoms with Gasteiger partial charge in [-0.15, -0.1) is 0 Å². The molecule has 1 N–H and O–H groups in total. The summed E-state index contributed by atoms with van der Waals surface area (Å²) in [5.74, 6) is -0.767. The molecule has 0 fully saturated rings. The van der Waals surface area contributed by atoms with Gasteiger partial charge in [-0.05, 0) is 25.5 Å². The first-order valence-corrected chi connectivity index (χ1v) is 6.56. The topological polar surface area (TPSA) is 81.4 Å². The number of rotatable bonds is 1. The van der Waals surface area contributed by atoms with Crippen LogP contribution in [0.2, 0.25) is 0 Å². The molecule has 2 aromatic heterocycles. The molecule has 3 rings (SSSR count). The average molecular weight is 286 g/mol. The first kappa shape index (κ1) is 13.4. The zero-order valence-electron chi connectivity index (χ0n) is 11.7. The summed E-state index contributed by atoms with van der Waals surface area (Å²) >= 11 is 0. The molecule has 0 spiro atoms. The molecule has 108 valence electrons. The van der Waals surface area contributed by atoms with Crippen molar-refractivity contribution in [3.63, 3.8) is 0 Å². The van der Waals surface area contributed by atoms with Crippen LogP contribution < -0.4 is 10.2 Å². The van der Waals surface area contributed by atoms with E-state index in [1.165, 1.54) is 12.3 Å². The summed E-state index contributed by atoms with van der Waals surface area (Å²) in [7, 11) is 0. The minimum atomic E-state index is -1.23. The molecule has 21 heavy (non-hydrogen) atoms. The zero-order valence-corrected chi connectivity index (χ0v) is 11.7. The lowest BCUT2D eigenvalue weighted by atomic mass is 10.1. The van der Waals surface area contributed by atoms with Gasteiger partial charge in [0.15, 0.2) is 5.43 Å². The van der Waals surface area contributed by atoms with E-state index in [0.29, 0.717) is 23.7 Å². The highest BCUT2D eigenvalue weighted by molar-refractivity contribution is 5.87. The third-order valence-electron chi connectivity index (χ3n) is 3.51. The molecular weight excluding hydrogens is 272 g/mol. The Labute approximate surface area is 120 Å². The highest BCUT2D eigenvalue weighted by Crippen LogP contribution is 2.33. The van der Waals surface area contributed by atoms with Crippen LogP contribution in [0, 0.1) is 6.92 Å². The number of carboxylic acids is 1. The highest BCUT2D eigenvalue weighted by Gasteiger charge is 2.23. The van der Waals surface area contributed by atoms with E-state index in [9.17, 15) is 9.59 Å². The molecule has 0 aromatic carbocycles. The maximum Gasteiger partial charge on any atom is 0.341 e. The second-order valence-corrected chi connectivity index (χ2v) is 5.17. The first-order chi connectivity index (χ1) is 9.97. The molecule has 0 saturated heterocycles. The molecule has 1 aliphatic heterocycles. The van der Waals surface area contributed by atoms with E-state index in [4.69, 9.17) is 9.84 Å². The lowest BCUT2D eigenvalue weighted by Crippen LogP contribution is -2.21. The number of hydrogen-bond donors (Lipinski definition) is 1. The van der Waals surface area contributed by atoms with E-state index >= 15 is 0 Å². The number of aryl methyl sites for hydroxylation is 1. The van der Waals surface area contributed by atoms with E-state index in [1.54, 1.807) is 10.8 Å². The van der Waals surface area contributed by atoms with Crippen molar-refractivity contribution in [3.8, 4) is 17.1 Å². The summed E-state index contributed by atoms with van der Waals surface area (Å²) < 4.78 is 7.42. The Balaban J connectivity index is 2.33. The van der Waals surface area contributed by atoms with Crippen molar-refractivity contribution in [2.24, 2.45) is 0 Å². The van der Waals surface area contributed by atoms with E-state index < -0.39 is 11.4 Å². The average Bonchev–Trinajstić information content (AvgIpc) is 2.56. The van der Waals surface area contributed by atoms with Crippen LogP contribution in [0.3, 0.4) is 0 Å². The number of nitrogens with zero attached hydrogens (tertiary/aromatic N) is 2. The van der Waals surface area contributed by atoms with Crippen LogP contribution in [0.4, 0.5) is 0 Å². The van der Waals surface area contributed by atoms with Crippen LogP contribution >= 0.6 is 0 Å². The van der Waals surface area contributed by atoms with Gasteiger partial charge >= 0.3 is 5.97 Å². The number of fused-ring (bicyclic) bond motifs is 3. The standard InChI is InChI=1S/C15H14N2O4/c1-8-3-10-12-4-13(18)11(15(19)20)6-17(12)9(2)7-21-14(10)16-5-8/h3-6,9H,7H2,1-2H3,(H,19,20)/t9-/m1/s1. The van der Waals surface area contributed by atoms with Crippen LogP contribution in [-0.4, -0.2) is 27.2 Å². The van der Waals surface area contributed by atoms with Crippen LogP contribution in [0.15, 0.2) is 29.3 Å². The molecule has 2 aromatic rings. The van der Waals surface area contributed by atoms with Crippen LogP contribution in [0.25, 0.3) is 11.3 Å². The summed E-state index contributed by atoms with van der Waals surface area (Å²) in [6, 6.07) is 3.12. The van der Waals surface area contributed by atoms with E-state index in [1.807, 2.05) is 19.9 Å². The third kappa shape index (κ3) is 2.18. The van der Waals surface area contributed by atoms with Crippen molar-refractivity contribution in [2.75, 3.05) is 6.61 Å². The number of aromatic carboxylic acids is 1. The van der Waals surface area contributed by atoms with Gasteiger partial charge in [-0.3, -0.25) is 4.79 Å². The Morgan fingerprint density at radius 3 is 2.95 bits per heavy atom. The number of aromatic nitrogens is 2. The second-order valence-electron chi connectivity index (χ2n) is 5.17. The molecule has 1 atom stereocenters. The zero-order chi connectivity index (χ0) is 15.1. The fraction of sp³-hybridized carbons (Fsp3) is 0.267. The first-order valence-electron chi connectivity index (χ1n) is 6.56. The van der Waals surface area contributed by atoms with Crippen molar-refractivity contribution in [2.45, 2.75) is 19.9 Å². The number of carbonyl (C=O) groups is 1. The quantitative estimate of drug-likeness (QED) is 0.865. The Morgan fingerprint density at radius 1 is 1.48 bits per heavy atom. The van der Waals surface area contributed by atoms with Gasteiger partial charge in [-0.1, -0.05) is 0 Å². The Kier molecular flexibility index (Phi) is 3.01. The normalized spacial score (nSPS) is 16.4. The van der Waals surface area contributed by atoms with Gasteiger partial charge in [-0.2, -0.15) is 0 Å². The molecule has 6 heteroatoms. The minimum Gasteiger partial charge on any atom is -0.477 e. The predicted molar refractivity (Wildman–Crippen MR) is 75.8 cm³/mol. The molecule has 6 nitrogen and oxygen atoms in total. The maximum absolute atomic E-state index is 12.0. The van der Waals surface area contributed by atoms with Crippen LogP contribution in [0.1, 0.15) is 28.9 Å². The molecule has 0 radical (unpaired) electrons. The number of carboxylic acid groups (broad SMARTS) is 1. The second kappa shape index (κ2) is 4.73. The van der Waals surface area contributed by atoms with Crippen molar-refractivity contribution in [1.82, 2.24) is 9.55 Å². The third-order valence-corrected chi connectivity index (χ3v) is 3.51. The Hall–Kier alpha value is -2.63. The lowest BCUT2D eigenvalue weighted by molar-refractivity contribution is 0.0694. The minimum absolute atomic E-state index is 0.104. The van der Waals surface area contributed by atoms with Gasteiger partial charge in [0.1, 0.15) is 12.2 Å². The molecule has 1 aliphatic rings. The number of hydrogen-bond acceptors (Lipinski definition) is 4. The summed E-state index contributed by atoms with van der Waals surface area (Å²) in [6.45, 7) is 4.16. The van der Waals surface area contributed by atoms with E-state index in [-0.39, 0.29) is 11.6 Å². The fourth-order valence-electron chi connectivity index (χ4n) is 2.43. The molecule has 0 bridgehead atoms. The van der Waals surface area contributed by atoms with Gasteiger partial charge in [-0.25, -0.2) is 9.78 Å². The summed E-state index contributed by atoms with van der Waals surface area (Å²) in [6.07, 6.45) is 3.08. The molecular formula is C15H14N2O4. The maximum atomic E-state index is 12.0. The Bertz CT molecular complexity index is 795. The monoisotopic (exact) mass is 286 g/mol. The van der Waals surface area contributed by atoms with E-state index in [2.05, 4.69) is 4.98 Å². The fourth-order valence-corrected chi connectivity index (χ4v) is 2.43. The van der Waals surface area contributed by atoms with Gasteiger partial charge in [0.25, 0.3) is 0 Å². The van der Waals surface area contributed by atoms with Crippen molar-refractivity contribution >= 4 is 5.97 Å².